The van der Waals surface area contributed by atoms with Crippen molar-refractivity contribution in [2.45, 2.75) is 13.0 Å². The third kappa shape index (κ3) is 4.67. The second-order valence-electron chi connectivity index (χ2n) is 4.48. The lowest BCUT2D eigenvalue weighted by Crippen LogP contribution is -1.98. The summed E-state index contributed by atoms with van der Waals surface area (Å²) in [6, 6.07) is 17.7. The summed E-state index contributed by atoms with van der Waals surface area (Å²) in [7, 11) is 0. The van der Waals surface area contributed by atoms with Crippen LogP contribution in [0.2, 0.25) is 0 Å². The van der Waals surface area contributed by atoms with Crippen molar-refractivity contribution in [2.24, 2.45) is 5.16 Å². The van der Waals surface area contributed by atoms with Gasteiger partial charge >= 0.3 is 0 Å². The van der Waals surface area contributed by atoms with Crippen LogP contribution < -0.4 is 0 Å². The Bertz CT molecular complexity index is 677. The molecule has 0 aliphatic rings. The lowest BCUT2D eigenvalue weighted by atomic mass is 10.1. The van der Waals surface area contributed by atoms with Crippen molar-refractivity contribution in [3.05, 3.63) is 83.9 Å². The molecular weight excluding hydrogens is 258 g/mol. The zero-order valence-corrected chi connectivity index (χ0v) is 12.0. The first-order valence-corrected chi connectivity index (χ1v) is 6.77. The van der Waals surface area contributed by atoms with Crippen LogP contribution in [-0.4, -0.2) is 12.3 Å². The fourth-order valence-electron chi connectivity index (χ4n) is 1.61. The van der Waals surface area contributed by atoms with Crippen molar-refractivity contribution >= 4 is 6.21 Å². The summed E-state index contributed by atoms with van der Waals surface area (Å²) >= 11 is 0. The number of hydrogen-bond acceptors (Lipinski definition) is 2. The molecule has 0 N–H and O–H groups in total. The van der Waals surface area contributed by atoms with E-state index in [0.29, 0.717) is 0 Å². The molecule has 0 radical (unpaired) electrons. The van der Waals surface area contributed by atoms with E-state index in [1.165, 1.54) is 0 Å². The van der Waals surface area contributed by atoms with E-state index in [-0.39, 0.29) is 6.10 Å². The van der Waals surface area contributed by atoms with Crippen molar-refractivity contribution in [3.63, 3.8) is 0 Å². The van der Waals surface area contributed by atoms with Gasteiger partial charge in [-0.25, -0.2) is 0 Å². The van der Waals surface area contributed by atoms with Crippen LogP contribution in [0, 0.1) is 11.8 Å². The normalized spacial score (nSPS) is 11.5. The lowest BCUT2D eigenvalue weighted by Gasteiger charge is -2.02. The molecule has 2 heteroatoms. The second kappa shape index (κ2) is 7.72. The standard InChI is InChI=1S/C19H17NO/c1-3-16(2)21-20-15-19-12-8-7-11-18(19)14-13-17-9-5-4-6-10-17/h3-12,15-16H,1H2,2H3/b20-15+. The minimum atomic E-state index is -0.108. The summed E-state index contributed by atoms with van der Waals surface area (Å²) in [5, 5.41) is 3.96. The Kier molecular flexibility index (Phi) is 5.37. The summed E-state index contributed by atoms with van der Waals surface area (Å²) in [6.07, 6.45) is 3.26. The van der Waals surface area contributed by atoms with Crippen LogP contribution in [0.15, 0.2) is 72.4 Å². The Morgan fingerprint density at radius 1 is 1.05 bits per heavy atom. The number of benzene rings is 2. The molecule has 2 rings (SSSR count). The van der Waals surface area contributed by atoms with E-state index < -0.39 is 0 Å². The third-order valence-corrected chi connectivity index (χ3v) is 2.83. The van der Waals surface area contributed by atoms with E-state index in [0.717, 1.165) is 16.7 Å². The molecule has 2 aromatic carbocycles. The van der Waals surface area contributed by atoms with Crippen molar-refractivity contribution in [1.82, 2.24) is 0 Å². The van der Waals surface area contributed by atoms with Gasteiger partial charge < -0.3 is 4.84 Å². The molecule has 0 aliphatic heterocycles. The summed E-state index contributed by atoms with van der Waals surface area (Å²) in [5.74, 6) is 6.31. The van der Waals surface area contributed by atoms with Gasteiger partial charge in [-0.3, -0.25) is 0 Å². The molecule has 0 saturated carbocycles. The molecule has 1 atom stereocenters. The number of oxime groups is 1. The predicted octanol–water partition coefficient (Wildman–Crippen LogP) is 4.01. The molecule has 0 amide bonds. The van der Waals surface area contributed by atoms with Crippen molar-refractivity contribution in [1.29, 1.82) is 0 Å². The topological polar surface area (TPSA) is 21.6 Å². The highest BCUT2D eigenvalue weighted by molar-refractivity contribution is 5.83. The first-order valence-electron chi connectivity index (χ1n) is 6.77. The highest BCUT2D eigenvalue weighted by atomic mass is 16.6. The fraction of sp³-hybridized carbons (Fsp3) is 0.105. The van der Waals surface area contributed by atoms with Crippen LogP contribution in [-0.2, 0) is 4.84 Å². The Hall–Kier alpha value is -2.79. The highest BCUT2D eigenvalue weighted by Gasteiger charge is 1.97. The molecule has 2 nitrogen and oxygen atoms in total. The third-order valence-electron chi connectivity index (χ3n) is 2.83. The number of nitrogens with zero attached hydrogens (tertiary/aromatic N) is 1. The van der Waals surface area contributed by atoms with Gasteiger partial charge in [0.15, 0.2) is 0 Å². The molecule has 0 aromatic heterocycles. The zero-order chi connectivity index (χ0) is 14.9. The van der Waals surface area contributed by atoms with Gasteiger partial charge in [-0.05, 0) is 31.2 Å². The summed E-state index contributed by atoms with van der Waals surface area (Å²) in [6.45, 7) is 5.53. The van der Waals surface area contributed by atoms with Crippen LogP contribution in [0.3, 0.4) is 0 Å². The number of hydrogen-bond donors (Lipinski definition) is 0. The van der Waals surface area contributed by atoms with Gasteiger partial charge in [0.25, 0.3) is 0 Å². The van der Waals surface area contributed by atoms with E-state index in [1.54, 1.807) is 12.3 Å². The molecule has 2 aromatic rings. The summed E-state index contributed by atoms with van der Waals surface area (Å²) in [4.78, 5) is 5.22. The van der Waals surface area contributed by atoms with E-state index in [2.05, 4.69) is 23.6 Å². The van der Waals surface area contributed by atoms with E-state index >= 15 is 0 Å². The lowest BCUT2D eigenvalue weighted by molar-refractivity contribution is 0.107. The molecule has 104 valence electrons. The molecule has 0 aliphatic carbocycles. The Balaban J connectivity index is 2.18. The first-order chi connectivity index (χ1) is 10.3. The molecular formula is C19H17NO. The van der Waals surface area contributed by atoms with Gasteiger partial charge in [0.1, 0.15) is 6.10 Å². The minimum Gasteiger partial charge on any atom is -0.389 e. The molecule has 1 unspecified atom stereocenters. The van der Waals surface area contributed by atoms with Gasteiger partial charge in [0.05, 0.1) is 6.21 Å². The van der Waals surface area contributed by atoms with Gasteiger partial charge in [-0.2, -0.15) is 0 Å². The van der Waals surface area contributed by atoms with Gasteiger partial charge in [-0.15, -0.1) is 0 Å². The zero-order valence-electron chi connectivity index (χ0n) is 12.0. The minimum absolute atomic E-state index is 0.108. The number of rotatable bonds is 4. The Morgan fingerprint density at radius 3 is 2.52 bits per heavy atom. The average Bonchev–Trinajstić information content (AvgIpc) is 2.54. The van der Waals surface area contributed by atoms with Crippen LogP contribution in [0.1, 0.15) is 23.6 Å². The first kappa shape index (κ1) is 14.6. The van der Waals surface area contributed by atoms with E-state index in [1.807, 2.05) is 61.5 Å². The maximum atomic E-state index is 5.22. The van der Waals surface area contributed by atoms with Gasteiger partial charge in [-0.1, -0.05) is 60.0 Å². The molecule has 0 spiro atoms. The van der Waals surface area contributed by atoms with Crippen molar-refractivity contribution in [2.75, 3.05) is 0 Å². The summed E-state index contributed by atoms with van der Waals surface area (Å²) < 4.78 is 0. The van der Waals surface area contributed by atoms with Crippen LogP contribution >= 0.6 is 0 Å². The van der Waals surface area contributed by atoms with Gasteiger partial charge in [0, 0.05) is 16.7 Å². The quantitative estimate of drug-likeness (QED) is 0.357. The Morgan fingerprint density at radius 2 is 1.76 bits per heavy atom. The largest absolute Gasteiger partial charge is 0.389 e. The molecule has 0 saturated heterocycles. The smallest absolute Gasteiger partial charge is 0.142 e. The molecule has 0 heterocycles. The average molecular weight is 275 g/mol. The van der Waals surface area contributed by atoms with Crippen LogP contribution in [0.25, 0.3) is 0 Å². The van der Waals surface area contributed by atoms with Crippen LogP contribution in [0.4, 0.5) is 0 Å². The molecule has 21 heavy (non-hydrogen) atoms. The predicted molar refractivity (Wildman–Crippen MR) is 87.2 cm³/mol. The van der Waals surface area contributed by atoms with E-state index in [9.17, 15) is 0 Å². The maximum absolute atomic E-state index is 5.22. The SMILES string of the molecule is C=CC(C)O/N=C/c1ccccc1C#Cc1ccccc1. The van der Waals surface area contributed by atoms with Crippen molar-refractivity contribution in [3.8, 4) is 11.8 Å². The summed E-state index contributed by atoms with van der Waals surface area (Å²) in [5.41, 5.74) is 2.83. The van der Waals surface area contributed by atoms with Gasteiger partial charge in [0.2, 0.25) is 0 Å². The Labute approximate surface area is 125 Å². The van der Waals surface area contributed by atoms with Crippen molar-refractivity contribution < 1.29 is 4.84 Å². The van der Waals surface area contributed by atoms with Crippen LogP contribution in [0.5, 0.6) is 0 Å². The fourth-order valence-corrected chi connectivity index (χ4v) is 1.61. The highest BCUT2D eigenvalue weighted by Crippen LogP contribution is 2.06. The monoisotopic (exact) mass is 275 g/mol. The molecule has 0 fully saturated rings. The second-order valence-corrected chi connectivity index (χ2v) is 4.48. The maximum Gasteiger partial charge on any atom is 0.142 e. The molecule has 0 bridgehead atoms. The van der Waals surface area contributed by atoms with E-state index in [4.69, 9.17) is 4.84 Å².